The second-order valence-electron chi connectivity index (χ2n) is 6.02. The first-order chi connectivity index (χ1) is 12.1. The quantitative estimate of drug-likeness (QED) is 0.795. The zero-order valence-electron chi connectivity index (χ0n) is 14.0. The van der Waals surface area contributed by atoms with Gasteiger partial charge in [-0.15, -0.1) is 11.3 Å². The molecule has 0 spiro atoms. The van der Waals surface area contributed by atoms with Crippen molar-refractivity contribution >= 4 is 23.2 Å². The summed E-state index contributed by atoms with van der Waals surface area (Å²) in [5.74, 6) is -1.86. The Balaban J connectivity index is 2.05. The van der Waals surface area contributed by atoms with Gasteiger partial charge in [-0.2, -0.15) is 13.2 Å². The predicted octanol–water partition coefficient (Wildman–Crippen LogP) is 3.60. The van der Waals surface area contributed by atoms with E-state index in [0.29, 0.717) is 16.3 Å². The molecule has 0 fully saturated rings. The minimum absolute atomic E-state index is 0.104. The highest BCUT2D eigenvalue weighted by Gasteiger charge is 2.30. The Morgan fingerprint density at radius 1 is 1.23 bits per heavy atom. The molecule has 0 bridgehead atoms. The van der Waals surface area contributed by atoms with Crippen LogP contribution < -0.4 is 5.32 Å². The lowest BCUT2D eigenvalue weighted by Gasteiger charge is -2.17. The van der Waals surface area contributed by atoms with Gasteiger partial charge >= 0.3 is 12.1 Å². The van der Waals surface area contributed by atoms with Gasteiger partial charge in [0.05, 0.1) is 17.7 Å². The highest BCUT2D eigenvalue weighted by atomic mass is 32.1. The molecule has 1 heterocycles. The van der Waals surface area contributed by atoms with Gasteiger partial charge in [-0.05, 0) is 18.1 Å². The maximum atomic E-state index is 12.6. The van der Waals surface area contributed by atoms with Crippen LogP contribution in [0.1, 0.15) is 25.1 Å². The normalized spacial score (nSPS) is 12.8. The average molecular weight is 386 g/mol. The molecule has 0 aliphatic heterocycles. The molecule has 1 amide bonds. The molecule has 2 rings (SSSR count). The minimum atomic E-state index is -4.40. The molecule has 140 valence electrons. The number of nitrogens with one attached hydrogen (secondary N) is 1. The van der Waals surface area contributed by atoms with Crippen LogP contribution in [0, 0.1) is 5.92 Å². The summed E-state index contributed by atoms with van der Waals surface area (Å²) < 4.78 is 37.8. The summed E-state index contributed by atoms with van der Waals surface area (Å²) in [6.45, 7) is 3.37. The van der Waals surface area contributed by atoms with Gasteiger partial charge in [0, 0.05) is 10.9 Å². The van der Waals surface area contributed by atoms with Gasteiger partial charge in [-0.3, -0.25) is 4.79 Å². The van der Waals surface area contributed by atoms with Crippen molar-refractivity contribution in [2.24, 2.45) is 5.92 Å². The standard InChI is InChI=1S/C17H17F3N2O3S/c1-9(2)14(16(24)25)22-13(23)7-12-8-26-15(21-12)10-3-5-11(6-4-10)17(18,19)20/h3-6,8-9,14H,7H2,1-2H3,(H,22,23)(H,24,25)/t14-/m1/s1. The fourth-order valence-electron chi connectivity index (χ4n) is 2.23. The SMILES string of the molecule is CC(C)[C@@H](NC(=O)Cc1csc(-c2ccc(C(F)(F)F)cc2)n1)C(=O)O. The molecule has 0 saturated heterocycles. The molecule has 2 aromatic rings. The first kappa shape index (κ1) is 19.9. The van der Waals surface area contributed by atoms with Gasteiger partial charge in [-0.1, -0.05) is 26.0 Å². The molecule has 0 saturated carbocycles. The number of hydrogen-bond acceptors (Lipinski definition) is 4. The average Bonchev–Trinajstić information content (AvgIpc) is 2.99. The monoisotopic (exact) mass is 386 g/mol. The molecule has 0 aliphatic rings. The number of carbonyl (C=O) groups is 2. The lowest BCUT2D eigenvalue weighted by atomic mass is 10.0. The van der Waals surface area contributed by atoms with E-state index in [0.717, 1.165) is 12.1 Å². The summed E-state index contributed by atoms with van der Waals surface area (Å²) in [7, 11) is 0. The summed E-state index contributed by atoms with van der Waals surface area (Å²) in [5.41, 5.74) is 0.196. The van der Waals surface area contributed by atoms with Gasteiger partial charge in [0.1, 0.15) is 11.0 Å². The molecule has 5 nitrogen and oxygen atoms in total. The summed E-state index contributed by atoms with van der Waals surface area (Å²) in [5, 5.41) is 13.6. The van der Waals surface area contributed by atoms with E-state index in [1.807, 2.05) is 0 Å². The minimum Gasteiger partial charge on any atom is -0.480 e. The smallest absolute Gasteiger partial charge is 0.416 e. The number of halogens is 3. The molecule has 0 unspecified atom stereocenters. The lowest BCUT2D eigenvalue weighted by Crippen LogP contribution is -2.44. The van der Waals surface area contributed by atoms with Crippen LogP contribution in [0.3, 0.4) is 0 Å². The fraction of sp³-hybridized carbons (Fsp3) is 0.353. The van der Waals surface area contributed by atoms with E-state index >= 15 is 0 Å². The van der Waals surface area contributed by atoms with Crippen molar-refractivity contribution in [2.45, 2.75) is 32.5 Å². The molecular weight excluding hydrogens is 369 g/mol. The number of alkyl halides is 3. The molecule has 1 aromatic carbocycles. The Kier molecular flexibility index (Phi) is 6.01. The van der Waals surface area contributed by atoms with E-state index in [-0.39, 0.29) is 12.3 Å². The zero-order valence-corrected chi connectivity index (χ0v) is 14.8. The van der Waals surface area contributed by atoms with Crippen molar-refractivity contribution in [3.05, 3.63) is 40.9 Å². The largest absolute Gasteiger partial charge is 0.480 e. The number of benzene rings is 1. The molecule has 9 heteroatoms. The van der Waals surface area contributed by atoms with Crippen molar-refractivity contribution in [2.75, 3.05) is 0 Å². The van der Waals surface area contributed by atoms with Crippen molar-refractivity contribution in [3.8, 4) is 10.6 Å². The molecule has 1 aromatic heterocycles. The first-order valence-electron chi connectivity index (χ1n) is 7.72. The number of thiazole rings is 1. The van der Waals surface area contributed by atoms with E-state index in [4.69, 9.17) is 5.11 Å². The van der Waals surface area contributed by atoms with E-state index in [1.54, 1.807) is 19.2 Å². The van der Waals surface area contributed by atoms with Crippen molar-refractivity contribution in [1.29, 1.82) is 0 Å². The number of rotatable bonds is 6. The third-order valence-electron chi connectivity index (χ3n) is 3.60. The summed E-state index contributed by atoms with van der Waals surface area (Å²) in [6, 6.07) is 3.61. The highest BCUT2D eigenvalue weighted by molar-refractivity contribution is 7.13. The van der Waals surface area contributed by atoms with Crippen LogP contribution in [-0.2, 0) is 22.2 Å². The highest BCUT2D eigenvalue weighted by Crippen LogP contribution is 2.31. The van der Waals surface area contributed by atoms with E-state index in [1.165, 1.54) is 23.5 Å². The molecular formula is C17H17F3N2O3S. The van der Waals surface area contributed by atoms with Crippen molar-refractivity contribution < 1.29 is 27.9 Å². The predicted molar refractivity (Wildman–Crippen MR) is 90.7 cm³/mol. The van der Waals surface area contributed by atoms with E-state index in [2.05, 4.69) is 10.3 Å². The van der Waals surface area contributed by atoms with Crippen LogP contribution in [-0.4, -0.2) is 28.0 Å². The number of carboxylic acid groups (broad SMARTS) is 1. The van der Waals surface area contributed by atoms with Crippen LogP contribution in [0.2, 0.25) is 0 Å². The number of aliphatic carboxylic acids is 1. The number of carboxylic acids is 1. The van der Waals surface area contributed by atoms with Gasteiger partial charge in [0.25, 0.3) is 0 Å². The number of nitrogens with zero attached hydrogens (tertiary/aromatic N) is 1. The van der Waals surface area contributed by atoms with Crippen LogP contribution in [0.5, 0.6) is 0 Å². The number of amides is 1. The summed E-state index contributed by atoms with van der Waals surface area (Å²) in [4.78, 5) is 27.3. The van der Waals surface area contributed by atoms with E-state index < -0.39 is 29.7 Å². The van der Waals surface area contributed by atoms with Crippen LogP contribution in [0.25, 0.3) is 10.6 Å². The Labute approximate surface area is 151 Å². The molecule has 1 atom stereocenters. The lowest BCUT2D eigenvalue weighted by molar-refractivity contribution is -0.143. The van der Waals surface area contributed by atoms with Crippen LogP contribution in [0.4, 0.5) is 13.2 Å². The second kappa shape index (κ2) is 7.86. The third kappa shape index (κ3) is 5.04. The first-order valence-corrected chi connectivity index (χ1v) is 8.60. The number of hydrogen-bond donors (Lipinski definition) is 2. The molecule has 26 heavy (non-hydrogen) atoms. The number of carbonyl (C=O) groups excluding carboxylic acids is 1. The fourth-order valence-corrected chi connectivity index (χ4v) is 3.05. The topological polar surface area (TPSA) is 79.3 Å². The maximum absolute atomic E-state index is 12.6. The second-order valence-corrected chi connectivity index (χ2v) is 6.88. The zero-order chi connectivity index (χ0) is 19.5. The van der Waals surface area contributed by atoms with Crippen molar-refractivity contribution in [3.63, 3.8) is 0 Å². The summed E-state index contributed by atoms with van der Waals surface area (Å²) in [6.07, 6.45) is -4.50. The summed E-state index contributed by atoms with van der Waals surface area (Å²) >= 11 is 1.20. The molecule has 0 radical (unpaired) electrons. The van der Waals surface area contributed by atoms with Gasteiger partial charge in [0.15, 0.2) is 0 Å². The van der Waals surface area contributed by atoms with Crippen molar-refractivity contribution in [1.82, 2.24) is 10.3 Å². The third-order valence-corrected chi connectivity index (χ3v) is 4.54. The Morgan fingerprint density at radius 2 is 1.85 bits per heavy atom. The molecule has 0 aliphatic carbocycles. The Hall–Kier alpha value is -2.42. The molecule has 2 N–H and O–H groups in total. The van der Waals surface area contributed by atoms with Gasteiger partial charge in [0.2, 0.25) is 5.91 Å². The Morgan fingerprint density at radius 3 is 2.35 bits per heavy atom. The van der Waals surface area contributed by atoms with Gasteiger partial charge in [-0.25, -0.2) is 9.78 Å². The Bertz CT molecular complexity index is 785. The maximum Gasteiger partial charge on any atom is 0.416 e. The van der Waals surface area contributed by atoms with Gasteiger partial charge < -0.3 is 10.4 Å². The number of aromatic nitrogens is 1. The van der Waals surface area contributed by atoms with Crippen LogP contribution in [0.15, 0.2) is 29.6 Å². The van der Waals surface area contributed by atoms with E-state index in [9.17, 15) is 22.8 Å². The van der Waals surface area contributed by atoms with Crippen LogP contribution >= 0.6 is 11.3 Å².